The van der Waals surface area contributed by atoms with Crippen molar-refractivity contribution in [3.05, 3.63) is 0 Å². The first-order valence-corrected chi connectivity index (χ1v) is 11.3. The summed E-state index contributed by atoms with van der Waals surface area (Å²) in [5.41, 5.74) is 5.14. The summed E-state index contributed by atoms with van der Waals surface area (Å²) in [5, 5.41) is 28.0. The molecule has 1 fully saturated rings. The number of hydrogen-bond acceptors (Lipinski definition) is 8. The van der Waals surface area contributed by atoms with Gasteiger partial charge in [0.2, 0.25) is 23.6 Å². The van der Waals surface area contributed by atoms with E-state index in [0.29, 0.717) is 18.7 Å². The molecule has 0 aliphatic carbocycles. The number of aliphatic carboxylic acids is 2. The van der Waals surface area contributed by atoms with Crippen LogP contribution in [0.3, 0.4) is 0 Å². The van der Waals surface area contributed by atoms with Gasteiger partial charge in [-0.2, -0.15) is 11.8 Å². The topological polar surface area (TPSA) is 217 Å². The van der Waals surface area contributed by atoms with Crippen LogP contribution < -0.4 is 27.0 Å². The number of rotatable bonds is 14. The van der Waals surface area contributed by atoms with Gasteiger partial charge in [0.05, 0.1) is 18.9 Å². The van der Waals surface area contributed by atoms with Crippen molar-refractivity contribution in [2.75, 3.05) is 18.6 Å². The van der Waals surface area contributed by atoms with Crippen LogP contribution in [0, 0.1) is 0 Å². The van der Waals surface area contributed by atoms with Gasteiger partial charge in [-0.05, 0) is 37.8 Å². The zero-order valence-corrected chi connectivity index (χ0v) is 18.4. The maximum Gasteiger partial charge on any atom is 0.326 e. The lowest BCUT2D eigenvalue weighted by Crippen LogP contribution is -2.58. The number of thioether (sulfide) groups is 1. The Hall–Kier alpha value is -2.87. The quantitative estimate of drug-likeness (QED) is 0.139. The number of hydrogen-bond donors (Lipinski definition) is 7. The van der Waals surface area contributed by atoms with Crippen molar-refractivity contribution in [1.29, 1.82) is 0 Å². The molecule has 4 unspecified atom stereocenters. The molecule has 4 atom stereocenters. The molecule has 1 saturated heterocycles. The van der Waals surface area contributed by atoms with Crippen molar-refractivity contribution in [2.24, 2.45) is 5.73 Å². The maximum atomic E-state index is 12.7. The molecule has 1 aliphatic heterocycles. The van der Waals surface area contributed by atoms with E-state index in [9.17, 15) is 33.9 Å². The Bertz CT molecular complexity index is 728. The Morgan fingerprint density at radius 3 is 2.06 bits per heavy atom. The Kier molecular flexibility index (Phi) is 11.5. The highest BCUT2D eigenvalue weighted by molar-refractivity contribution is 7.98. The van der Waals surface area contributed by atoms with E-state index in [2.05, 4.69) is 21.3 Å². The van der Waals surface area contributed by atoms with Gasteiger partial charge in [-0.1, -0.05) is 0 Å². The van der Waals surface area contributed by atoms with Gasteiger partial charge in [0.15, 0.2) is 0 Å². The zero-order valence-electron chi connectivity index (χ0n) is 17.6. The highest BCUT2D eigenvalue weighted by Crippen LogP contribution is 2.07. The highest BCUT2D eigenvalue weighted by Gasteiger charge is 2.33. The molecule has 32 heavy (non-hydrogen) atoms. The lowest BCUT2D eigenvalue weighted by molar-refractivity contribution is -0.143. The fourth-order valence-corrected chi connectivity index (χ4v) is 3.48. The summed E-state index contributed by atoms with van der Waals surface area (Å²) in [5.74, 6) is -5.73. The third kappa shape index (κ3) is 9.51. The number of carbonyl (C=O) groups excluding carboxylic acids is 4. The Balaban J connectivity index is 2.91. The van der Waals surface area contributed by atoms with Crippen molar-refractivity contribution >= 4 is 47.3 Å². The second-order valence-corrected chi connectivity index (χ2v) is 8.21. The Morgan fingerprint density at radius 2 is 1.59 bits per heavy atom. The number of nitrogens with two attached hydrogens (primary N) is 1. The van der Waals surface area contributed by atoms with E-state index in [1.165, 1.54) is 11.8 Å². The smallest absolute Gasteiger partial charge is 0.326 e. The SMILES string of the molecule is CSCCC(NC(=O)C(CC(N)=O)NC(=O)C(CC(=O)O)NC(=O)C1CCCN1)C(=O)O. The molecular weight excluding hydrogens is 446 g/mol. The van der Waals surface area contributed by atoms with Crippen molar-refractivity contribution < 1.29 is 39.0 Å². The molecule has 0 aromatic rings. The van der Waals surface area contributed by atoms with Crippen LogP contribution >= 0.6 is 11.8 Å². The minimum Gasteiger partial charge on any atom is -0.481 e. The predicted octanol–water partition coefficient (Wildman–Crippen LogP) is -2.62. The first kappa shape index (κ1) is 27.2. The minimum atomic E-state index is -1.55. The number of carboxylic acid groups (broad SMARTS) is 2. The highest BCUT2D eigenvalue weighted by atomic mass is 32.2. The minimum absolute atomic E-state index is 0.103. The van der Waals surface area contributed by atoms with Crippen LogP contribution in [0.2, 0.25) is 0 Å². The summed E-state index contributed by atoms with van der Waals surface area (Å²) in [7, 11) is 0. The number of amides is 4. The molecule has 1 aliphatic rings. The van der Waals surface area contributed by atoms with Crippen molar-refractivity contribution in [2.45, 2.75) is 56.3 Å². The van der Waals surface area contributed by atoms with Gasteiger partial charge in [0, 0.05) is 0 Å². The van der Waals surface area contributed by atoms with Crippen LogP contribution in [0.4, 0.5) is 0 Å². The monoisotopic (exact) mass is 475 g/mol. The van der Waals surface area contributed by atoms with E-state index in [1.807, 2.05) is 0 Å². The second-order valence-electron chi connectivity index (χ2n) is 7.22. The van der Waals surface area contributed by atoms with Crippen LogP contribution in [0.25, 0.3) is 0 Å². The summed E-state index contributed by atoms with van der Waals surface area (Å²) < 4.78 is 0. The number of carboxylic acids is 2. The Labute approximate surface area is 188 Å². The van der Waals surface area contributed by atoms with Gasteiger partial charge in [0.25, 0.3) is 0 Å². The third-order valence-electron chi connectivity index (χ3n) is 4.65. The lowest BCUT2D eigenvalue weighted by atomic mass is 10.1. The molecule has 14 heteroatoms. The van der Waals surface area contributed by atoms with Crippen LogP contribution in [-0.4, -0.2) is 88.5 Å². The number of carbonyl (C=O) groups is 6. The van der Waals surface area contributed by atoms with Gasteiger partial charge in [-0.15, -0.1) is 0 Å². The van der Waals surface area contributed by atoms with Crippen molar-refractivity contribution in [3.63, 3.8) is 0 Å². The summed E-state index contributed by atoms with van der Waals surface area (Å²) in [4.78, 5) is 71.4. The number of primary amides is 1. The van der Waals surface area contributed by atoms with Gasteiger partial charge in [-0.25, -0.2) is 4.79 Å². The first-order chi connectivity index (χ1) is 15.0. The number of nitrogens with one attached hydrogen (secondary N) is 4. The largest absolute Gasteiger partial charge is 0.481 e. The van der Waals surface area contributed by atoms with Crippen LogP contribution in [0.5, 0.6) is 0 Å². The molecule has 8 N–H and O–H groups in total. The van der Waals surface area contributed by atoms with Crippen LogP contribution in [0.1, 0.15) is 32.1 Å². The first-order valence-electron chi connectivity index (χ1n) is 9.91. The van der Waals surface area contributed by atoms with Gasteiger partial charge < -0.3 is 37.2 Å². The van der Waals surface area contributed by atoms with E-state index in [1.54, 1.807) is 6.26 Å². The normalized spacial score (nSPS) is 18.1. The van der Waals surface area contributed by atoms with E-state index in [0.717, 1.165) is 6.42 Å². The average Bonchev–Trinajstić information content (AvgIpc) is 3.23. The molecule has 180 valence electrons. The maximum absolute atomic E-state index is 12.7. The molecule has 0 aromatic carbocycles. The molecule has 0 saturated carbocycles. The predicted molar refractivity (Wildman–Crippen MR) is 114 cm³/mol. The summed E-state index contributed by atoms with van der Waals surface area (Å²) in [6, 6.07) is -4.90. The molecule has 0 bridgehead atoms. The molecule has 13 nitrogen and oxygen atoms in total. The molecule has 0 radical (unpaired) electrons. The average molecular weight is 476 g/mol. The fourth-order valence-electron chi connectivity index (χ4n) is 3.01. The molecule has 1 heterocycles. The van der Waals surface area contributed by atoms with Gasteiger partial charge in [0.1, 0.15) is 18.1 Å². The zero-order chi connectivity index (χ0) is 24.3. The van der Waals surface area contributed by atoms with E-state index in [-0.39, 0.29) is 6.42 Å². The molecule has 1 rings (SSSR count). The second kappa shape index (κ2) is 13.5. The molecule has 4 amide bonds. The molecular formula is C18H29N5O8S. The lowest BCUT2D eigenvalue weighted by Gasteiger charge is -2.24. The van der Waals surface area contributed by atoms with Crippen molar-refractivity contribution in [3.8, 4) is 0 Å². The molecule has 0 aromatic heterocycles. The van der Waals surface area contributed by atoms with E-state index < -0.39 is 72.6 Å². The van der Waals surface area contributed by atoms with Gasteiger partial charge >= 0.3 is 11.9 Å². The summed E-state index contributed by atoms with van der Waals surface area (Å²) >= 11 is 1.37. The van der Waals surface area contributed by atoms with Crippen molar-refractivity contribution in [1.82, 2.24) is 21.3 Å². The molecule has 0 spiro atoms. The summed E-state index contributed by atoms with van der Waals surface area (Å²) in [6.45, 7) is 0.607. The van der Waals surface area contributed by atoms with Crippen LogP contribution in [0.15, 0.2) is 0 Å². The third-order valence-corrected chi connectivity index (χ3v) is 5.30. The van der Waals surface area contributed by atoms with Crippen LogP contribution in [-0.2, 0) is 28.8 Å². The van der Waals surface area contributed by atoms with E-state index >= 15 is 0 Å². The Morgan fingerprint density at radius 1 is 1.00 bits per heavy atom. The summed E-state index contributed by atoms with van der Waals surface area (Å²) in [6.07, 6.45) is 1.72. The van der Waals surface area contributed by atoms with E-state index in [4.69, 9.17) is 10.8 Å². The van der Waals surface area contributed by atoms with Gasteiger partial charge in [-0.3, -0.25) is 24.0 Å². The standard InChI is InChI=1S/C18H29N5O8S/c1-32-6-4-10(18(30)31)21-16(28)11(7-13(19)24)22-17(29)12(8-14(25)26)23-15(27)9-3-2-5-20-9/h9-12,20H,2-8H2,1H3,(H2,19,24)(H,21,28)(H,22,29)(H,23,27)(H,25,26)(H,30,31). The fraction of sp³-hybridized carbons (Fsp3) is 0.667.